The quantitative estimate of drug-likeness (QED) is 0.0512. The summed E-state index contributed by atoms with van der Waals surface area (Å²) in [5.41, 5.74) is 0.928. The van der Waals surface area contributed by atoms with Crippen LogP contribution < -0.4 is 37.6 Å². The first kappa shape index (κ1) is 63.2. The number of halogens is 1. The monoisotopic (exact) mass is 1160 g/mol. The van der Waals surface area contributed by atoms with Crippen LogP contribution in [0.4, 0.5) is 0 Å². The van der Waals surface area contributed by atoms with Crippen LogP contribution in [0, 0.1) is 17.2 Å². The van der Waals surface area contributed by atoms with Crippen LogP contribution in [-0.2, 0) is 37.4 Å². The Morgan fingerprint density at radius 1 is 0.438 bits per heavy atom. The molecule has 0 aromatic heterocycles. The van der Waals surface area contributed by atoms with E-state index in [4.69, 9.17) is 37.6 Å². The van der Waals surface area contributed by atoms with Crippen LogP contribution in [0.3, 0.4) is 0 Å². The van der Waals surface area contributed by atoms with Crippen LogP contribution in [0.25, 0.3) is 0 Å². The van der Waals surface area contributed by atoms with Crippen LogP contribution in [0.2, 0.25) is 0 Å². The van der Waals surface area contributed by atoms with Crippen molar-refractivity contribution in [2.24, 2.45) is 0 Å². The number of nitrogens with zero attached hydrogens (tertiary/aromatic N) is 4. The second kappa shape index (κ2) is 34.5. The van der Waals surface area contributed by atoms with Crippen LogP contribution in [0.5, 0.6) is 23.0 Å². The van der Waals surface area contributed by atoms with Gasteiger partial charge in [-0.15, -0.1) is 10.2 Å². The summed E-state index contributed by atoms with van der Waals surface area (Å²) < 4.78 is 88.7. The van der Waals surface area contributed by atoms with Gasteiger partial charge < -0.3 is 43.9 Å². The number of hydrogen-bond acceptors (Lipinski definition) is 19. The normalized spacial score (nSPS) is 16.2. The molecule has 0 radical (unpaired) electrons. The maximum Gasteiger partial charge on any atom is 2.00 e. The Labute approximate surface area is 451 Å². The topological polar surface area (TPSA) is 280 Å². The summed E-state index contributed by atoms with van der Waals surface area (Å²) in [6.07, 6.45) is -2.91. The van der Waals surface area contributed by atoms with Crippen LogP contribution in [-0.4, -0.2) is 182 Å². The molecule has 0 amide bonds. The van der Waals surface area contributed by atoms with Crippen molar-refractivity contribution in [3.63, 3.8) is 0 Å². The van der Waals surface area contributed by atoms with E-state index < -0.39 is 44.8 Å². The van der Waals surface area contributed by atoms with Crippen LogP contribution >= 0.6 is 0 Å². The third-order valence-corrected chi connectivity index (χ3v) is 11.7. The van der Waals surface area contributed by atoms with Gasteiger partial charge in [0.2, 0.25) is 0 Å². The standard InChI is InChI=1S/C44H60N4O8.C7H8O3S.Cd.ClHO4/c49-37(33-53-41-13-5-1-6-14-41)29-45-21-23-46(30-38(50)34-54-42-15-7-2-8-16-42)25-27-48(32-40(52)36-56-44-19-11-4-12-20-44)28-26-47(24-22-45)31-39(51)35-55-43-17-9-3-10-18-43;1-6-2-4-7(5-3-6)11(8,9)10;;2-1(3,4)5/h1-20,37-40,49-52H,21-36H2;2-5H,1H3,(H,8,9,10);;(H,2,3,4,5)/q;;+2;/p-2/t37-,38-,39-,40-;;;/m0.../s1. The Balaban J connectivity index is 0.000000706. The van der Waals surface area contributed by atoms with E-state index in [1.54, 1.807) is 12.1 Å². The van der Waals surface area contributed by atoms with Gasteiger partial charge in [0.05, 0.1) is 4.90 Å². The Morgan fingerprint density at radius 3 is 0.836 bits per heavy atom. The summed E-state index contributed by atoms with van der Waals surface area (Å²) in [4.78, 5) is 8.72. The molecular formula is C51H67CdClN4O15S. The number of benzene rings is 5. The number of ether oxygens (including phenoxy) is 4. The van der Waals surface area contributed by atoms with Gasteiger partial charge in [-0.2, -0.15) is 0 Å². The van der Waals surface area contributed by atoms with Gasteiger partial charge in [-0.05, 0) is 67.6 Å². The molecule has 73 heavy (non-hydrogen) atoms. The molecule has 396 valence electrons. The zero-order chi connectivity index (χ0) is 52.2. The maximum atomic E-state index is 11.1. The minimum atomic E-state index is -4.94. The van der Waals surface area contributed by atoms with E-state index in [0.29, 0.717) is 102 Å². The molecule has 5 aromatic rings. The van der Waals surface area contributed by atoms with Gasteiger partial charge in [-0.1, -0.05) is 90.5 Å². The minimum Gasteiger partial charge on any atom is -0.744 e. The van der Waals surface area contributed by atoms with Crippen molar-refractivity contribution in [3.05, 3.63) is 151 Å². The number of hydrogen-bond donors (Lipinski definition) is 4. The first-order chi connectivity index (χ1) is 34.4. The van der Waals surface area contributed by atoms with Crippen molar-refractivity contribution in [2.75, 3.05) is 105 Å². The van der Waals surface area contributed by atoms with Crippen molar-refractivity contribution in [3.8, 4) is 23.0 Å². The molecule has 4 atom stereocenters. The molecule has 1 fully saturated rings. The second-order valence-corrected chi connectivity index (χ2v) is 19.1. The van der Waals surface area contributed by atoms with Crippen molar-refractivity contribution < 1.29 is 109 Å². The van der Waals surface area contributed by atoms with E-state index in [1.165, 1.54) is 12.1 Å². The first-order valence-electron chi connectivity index (χ1n) is 23.4. The van der Waals surface area contributed by atoms with E-state index >= 15 is 0 Å². The maximum absolute atomic E-state index is 11.1. The van der Waals surface area contributed by atoms with Gasteiger partial charge >= 0.3 is 27.3 Å². The Kier molecular flexibility index (Phi) is 29.9. The van der Waals surface area contributed by atoms with E-state index in [-0.39, 0.29) is 58.6 Å². The van der Waals surface area contributed by atoms with E-state index in [0.717, 1.165) is 5.56 Å². The smallest absolute Gasteiger partial charge is 0.744 e. The fourth-order valence-corrected chi connectivity index (χ4v) is 7.72. The molecule has 0 saturated carbocycles. The van der Waals surface area contributed by atoms with Crippen molar-refractivity contribution in [2.45, 2.75) is 36.2 Å². The van der Waals surface area contributed by atoms with Gasteiger partial charge in [-0.25, -0.2) is 27.1 Å². The van der Waals surface area contributed by atoms with Gasteiger partial charge in [-0.3, -0.25) is 19.6 Å². The molecule has 1 aliphatic heterocycles. The summed E-state index contributed by atoms with van der Waals surface area (Å²) in [5, 5.41) is 44.5. The number of aliphatic hydroxyl groups is 4. The Morgan fingerprint density at radius 2 is 0.644 bits per heavy atom. The molecule has 6 rings (SSSR count). The SMILES string of the molecule is Cc1ccc(S(=O)(=O)[O-])cc1.O[C@H](COc1ccccc1)CN1CCN(C[C@H](O)COc2ccccc2)CCN(C[C@H](O)COc2ccccc2)CCN(C[C@H](O)COc2ccccc2)CC1.[Cd+2].[O-][Cl+3]([O-])([O-])[O-]. The summed E-state index contributed by atoms with van der Waals surface area (Å²) in [6.45, 7) is 9.11. The van der Waals surface area contributed by atoms with Gasteiger partial charge in [0.25, 0.3) is 0 Å². The number of aryl methyl sites for hydroxylation is 1. The number of β-amino-alcohol motifs (C(OH)–C–C–N with tert-alkyl or cyclic N) is 4. The number of aliphatic hydroxyl groups excluding tert-OH is 4. The average Bonchev–Trinajstić information content (AvgIpc) is 3.35. The molecule has 5 aromatic carbocycles. The summed E-state index contributed by atoms with van der Waals surface area (Å²) >= 11 is 0. The fourth-order valence-electron chi connectivity index (χ4n) is 7.25. The van der Waals surface area contributed by atoms with Crippen LogP contribution in [0.1, 0.15) is 5.56 Å². The van der Waals surface area contributed by atoms with Crippen molar-refractivity contribution in [1.29, 1.82) is 0 Å². The molecular weight excluding hydrogens is 1090 g/mol. The first-order valence-corrected chi connectivity index (χ1v) is 26.0. The van der Waals surface area contributed by atoms with Crippen molar-refractivity contribution in [1.82, 2.24) is 19.6 Å². The van der Waals surface area contributed by atoms with Gasteiger partial charge in [0, 0.05) is 78.5 Å². The third kappa shape index (κ3) is 29.6. The average molecular weight is 1160 g/mol. The molecule has 4 N–H and O–H groups in total. The largest absolute Gasteiger partial charge is 2.00 e. The predicted molar refractivity (Wildman–Crippen MR) is 257 cm³/mol. The fraction of sp³-hybridized carbons (Fsp3) is 0.412. The molecule has 0 unspecified atom stereocenters. The van der Waals surface area contributed by atoms with Gasteiger partial charge in [0.15, 0.2) is 0 Å². The Hall–Kier alpha value is -4.06. The Bertz CT molecular complexity index is 2030. The molecule has 0 aliphatic carbocycles. The predicted octanol–water partition coefficient (Wildman–Crippen LogP) is -0.892. The summed E-state index contributed by atoms with van der Waals surface area (Å²) in [6, 6.07) is 43.7. The van der Waals surface area contributed by atoms with E-state index in [2.05, 4.69) is 19.6 Å². The molecule has 1 aliphatic rings. The summed E-state index contributed by atoms with van der Waals surface area (Å²) in [7, 11) is -9.21. The minimum absolute atomic E-state index is 0. The molecule has 22 heteroatoms. The van der Waals surface area contributed by atoms with Crippen molar-refractivity contribution >= 4 is 10.1 Å². The molecule has 0 bridgehead atoms. The zero-order valence-corrected chi connectivity index (χ0v) is 46.7. The second-order valence-electron chi connectivity index (χ2n) is 17.0. The number of rotatable bonds is 21. The molecule has 19 nitrogen and oxygen atoms in total. The van der Waals surface area contributed by atoms with E-state index in [1.807, 2.05) is 128 Å². The summed E-state index contributed by atoms with van der Waals surface area (Å²) in [5.74, 6) is 2.82. The third-order valence-electron chi connectivity index (χ3n) is 10.9. The van der Waals surface area contributed by atoms with Crippen LogP contribution in [0.15, 0.2) is 150 Å². The molecule has 0 spiro atoms. The van der Waals surface area contributed by atoms with Gasteiger partial charge in [0.1, 0.15) is 84.0 Å². The molecule has 1 saturated heterocycles. The number of para-hydroxylation sites is 4. The van der Waals surface area contributed by atoms with E-state index in [9.17, 15) is 33.4 Å². The zero-order valence-electron chi connectivity index (χ0n) is 41.0. The molecule has 1 heterocycles.